The van der Waals surface area contributed by atoms with Crippen molar-refractivity contribution in [3.63, 3.8) is 0 Å². The number of halogens is 1. The number of furan rings is 1. The minimum Gasteiger partial charge on any atom is -0.503 e. The van der Waals surface area contributed by atoms with Gasteiger partial charge in [-0.3, -0.25) is 4.79 Å². The summed E-state index contributed by atoms with van der Waals surface area (Å²) in [7, 11) is 0. The number of fused-ring (bicyclic) bond motifs is 1. The van der Waals surface area contributed by atoms with Gasteiger partial charge in [0.15, 0.2) is 11.5 Å². The Balaban J connectivity index is 1.72. The maximum Gasteiger partial charge on any atom is 0.236 e. The van der Waals surface area contributed by atoms with Crippen molar-refractivity contribution in [2.24, 2.45) is 0 Å². The number of aromatic nitrogens is 3. The van der Waals surface area contributed by atoms with E-state index in [4.69, 9.17) is 4.42 Å². The van der Waals surface area contributed by atoms with Crippen LogP contribution in [-0.4, -0.2) is 30.5 Å². The maximum atomic E-state index is 14.8. The Morgan fingerprint density at radius 2 is 1.84 bits per heavy atom. The van der Waals surface area contributed by atoms with Gasteiger partial charge < -0.3 is 24.2 Å². The molecule has 32 heavy (non-hydrogen) atoms. The van der Waals surface area contributed by atoms with Crippen LogP contribution in [-0.2, 0) is 6.54 Å². The first-order chi connectivity index (χ1) is 15.4. The average molecular weight is 431 g/mol. The van der Waals surface area contributed by atoms with E-state index in [0.717, 1.165) is 5.52 Å². The number of aryl methyl sites for hydroxylation is 1. The zero-order chi connectivity index (χ0) is 22.4. The van der Waals surface area contributed by atoms with Gasteiger partial charge in [0, 0.05) is 5.56 Å². The van der Waals surface area contributed by atoms with Gasteiger partial charge in [-0.15, -0.1) is 0 Å². The van der Waals surface area contributed by atoms with Crippen molar-refractivity contribution in [2.75, 3.05) is 0 Å². The minimum atomic E-state index is -0.674. The molecule has 0 atom stereocenters. The van der Waals surface area contributed by atoms with Crippen molar-refractivity contribution in [1.29, 1.82) is 0 Å². The number of aromatic amines is 1. The molecule has 3 heterocycles. The van der Waals surface area contributed by atoms with E-state index in [9.17, 15) is 19.4 Å². The van der Waals surface area contributed by atoms with Crippen molar-refractivity contribution >= 4 is 16.8 Å². The lowest BCUT2D eigenvalue weighted by Crippen LogP contribution is -2.07. The monoisotopic (exact) mass is 431 g/mol. The Hall–Kier alpha value is -4.33. The van der Waals surface area contributed by atoms with Crippen LogP contribution in [0.25, 0.3) is 22.3 Å². The summed E-state index contributed by atoms with van der Waals surface area (Å²) >= 11 is 0. The highest BCUT2D eigenvalue weighted by Crippen LogP contribution is 2.43. The second-order valence-corrected chi connectivity index (χ2v) is 7.40. The third kappa shape index (κ3) is 3.13. The summed E-state index contributed by atoms with van der Waals surface area (Å²) in [5.41, 5.74) is 1.32. The summed E-state index contributed by atoms with van der Waals surface area (Å²) in [5, 5.41) is 21.5. The number of imidazole rings is 1. The number of carbonyl (C=O) groups is 1. The summed E-state index contributed by atoms with van der Waals surface area (Å²) in [6.45, 7) is 1.64. The molecule has 0 amide bonds. The third-order valence-corrected chi connectivity index (χ3v) is 5.28. The first-order valence-electron chi connectivity index (χ1n) is 9.88. The number of benzene rings is 2. The summed E-state index contributed by atoms with van der Waals surface area (Å²) in [5.74, 6) is -1.58. The molecule has 5 rings (SSSR count). The van der Waals surface area contributed by atoms with Crippen LogP contribution in [0.15, 0.2) is 65.1 Å². The van der Waals surface area contributed by atoms with Gasteiger partial charge in [0.1, 0.15) is 17.4 Å². The van der Waals surface area contributed by atoms with E-state index >= 15 is 0 Å². The van der Waals surface area contributed by atoms with Crippen LogP contribution in [0.4, 0.5) is 4.39 Å². The molecular weight excluding hydrogens is 413 g/mol. The van der Waals surface area contributed by atoms with E-state index in [1.807, 2.05) is 24.3 Å². The SMILES string of the molecule is Cc1ccc(C(=O)c2c(O)c(O)n(Cc3nc4ccccc4[nH]3)c2-c2ccccc2F)o1. The number of H-pyrrole nitrogens is 1. The number of ketones is 1. The fourth-order valence-electron chi connectivity index (χ4n) is 3.81. The highest BCUT2D eigenvalue weighted by atomic mass is 19.1. The lowest BCUT2D eigenvalue weighted by Gasteiger charge is -2.11. The Bertz CT molecular complexity index is 1440. The largest absolute Gasteiger partial charge is 0.503 e. The smallest absolute Gasteiger partial charge is 0.236 e. The highest BCUT2D eigenvalue weighted by molar-refractivity contribution is 6.13. The van der Waals surface area contributed by atoms with Gasteiger partial charge in [0.25, 0.3) is 0 Å². The molecule has 2 aromatic carbocycles. The highest BCUT2D eigenvalue weighted by Gasteiger charge is 2.32. The van der Waals surface area contributed by atoms with E-state index in [1.54, 1.807) is 19.1 Å². The van der Waals surface area contributed by atoms with Crippen molar-refractivity contribution in [1.82, 2.24) is 14.5 Å². The van der Waals surface area contributed by atoms with Crippen molar-refractivity contribution in [2.45, 2.75) is 13.5 Å². The van der Waals surface area contributed by atoms with Crippen LogP contribution in [0, 0.1) is 12.7 Å². The van der Waals surface area contributed by atoms with E-state index in [1.165, 1.54) is 28.8 Å². The fraction of sp³-hybridized carbons (Fsp3) is 0.0833. The van der Waals surface area contributed by atoms with Crippen molar-refractivity contribution < 1.29 is 23.8 Å². The third-order valence-electron chi connectivity index (χ3n) is 5.28. The second kappa shape index (κ2) is 7.42. The Morgan fingerprint density at radius 1 is 1.09 bits per heavy atom. The van der Waals surface area contributed by atoms with Gasteiger partial charge in [-0.1, -0.05) is 24.3 Å². The van der Waals surface area contributed by atoms with Gasteiger partial charge >= 0.3 is 0 Å². The normalized spacial score (nSPS) is 11.3. The summed E-state index contributed by atoms with van der Waals surface area (Å²) in [6.07, 6.45) is 0. The number of para-hydroxylation sites is 2. The number of hydrogen-bond donors (Lipinski definition) is 3. The van der Waals surface area contributed by atoms with Gasteiger partial charge in [0.05, 0.1) is 28.8 Å². The van der Waals surface area contributed by atoms with Crippen LogP contribution in [0.5, 0.6) is 11.6 Å². The maximum absolute atomic E-state index is 14.8. The Kier molecular flexibility index (Phi) is 4.55. The first-order valence-corrected chi connectivity index (χ1v) is 9.88. The topological polar surface area (TPSA) is 104 Å². The molecular formula is C24H18FN3O4. The summed E-state index contributed by atoms with van der Waals surface area (Å²) in [6, 6.07) is 16.3. The van der Waals surface area contributed by atoms with Crippen molar-refractivity contribution in [3.8, 4) is 22.9 Å². The minimum absolute atomic E-state index is 0.0256. The van der Waals surface area contributed by atoms with E-state index in [0.29, 0.717) is 17.1 Å². The lowest BCUT2D eigenvalue weighted by atomic mass is 10.0. The summed E-state index contributed by atoms with van der Waals surface area (Å²) in [4.78, 5) is 20.8. The molecule has 0 unspecified atom stereocenters. The van der Waals surface area contributed by atoms with Crippen LogP contribution in [0.3, 0.4) is 0 Å². The number of aromatic hydroxyl groups is 2. The number of hydrogen-bond acceptors (Lipinski definition) is 5. The van der Waals surface area contributed by atoms with E-state index < -0.39 is 23.2 Å². The summed E-state index contributed by atoms with van der Waals surface area (Å²) < 4.78 is 21.5. The van der Waals surface area contributed by atoms with Gasteiger partial charge in [-0.25, -0.2) is 9.37 Å². The molecule has 0 saturated heterocycles. The second-order valence-electron chi connectivity index (χ2n) is 7.40. The molecule has 8 heteroatoms. The predicted octanol–water partition coefficient (Wildman–Crippen LogP) is 4.76. The molecule has 0 saturated carbocycles. The number of nitrogens with zero attached hydrogens (tertiary/aromatic N) is 2. The molecule has 0 spiro atoms. The van der Waals surface area contributed by atoms with Crippen LogP contribution < -0.4 is 0 Å². The Labute approximate surface area is 181 Å². The van der Waals surface area contributed by atoms with E-state index in [-0.39, 0.29) is 29.1 Å². The molecule has 0 radical (unpaired) electrons. The molecule has 5 aromatic rings. The van der Waals surface area contributed by atoms with Crippen LogP contribution in [0.1, 0.15) is 27.7 Å². The lowest BCUT2D eigenvalue weighted by molar-refractivity contribution is 0.101. The molecule has 3 N–H and O–H groups in total. The van der Waals surface area contributed by atoms with Gasteiger partial charge in [-0.05, 0) is 43.3 Å². The van der Waals surface area contributed by atoms with Crippen LogP contribution in [0.2, 0.25) is 0 Å². The molecule has 3 aromatic heterocycles. The van der Waals surface area contributed by atoms with Gasteiger partial charge in [0.2, 0.25) is 11.7 Å². The predicted molar refractivity (Wildman–Crippen MR) is 115 cm³/mol. The molecule has 0 aliphatic heterocycles. The molecule has 0 aliphatic carbocycles. The quantitative estimate of drug-likeness (QED) is 0.348. The molecule has 7 nitrogen and oxygen atoms in total. The van der Waals surface area contributed by atoms with Gasteiger partial charge in [-0.2, -0.15) is 0 Å². The average Bonchev–Trinajstić information content (AvgIpc) is 3.46. The number of rotatable bonds is 5. The number of nitrogens with one attached hydrogen (secondary N) is 1. The molecule has 0 bridgehead atoms. The van der Waals surface area contributed by atoms with Crippen molar-refractivity contribution in [3.05, 3.63) is 89.4 Å². The standard InChI is InChI=1S/C24H18FN3O4/c1-13-10-11-18(32-13)22(29)20-21(14-6-2-3-7-15(14)25)28(24(31)23(20)30)12-19-26-16-8-4-5-9-17(16)27-19/h2-11,30-31H,12H2,1H3,(H,26,27). The molecule has 0 aliphatic rings. The van der Waals surface area contributed by atoms with E-state index in [2.05, 4.69) is 9.97 Å². The zero-order valence-corrected chi connectivity index (χ0v) is 17.0. The first kappa shape index (κ1) is 19.6. The molecule has 0 fully saturated rings. The Morgan fingerprint density at radius 3 is 2.56 bits per heavy atom. The zero-order valence-electron chi connectivity index (χ0n) is 17.0. The fourth-order valence-corrected chi connectivity index (χ4v) is 3.81. The number of carbonyl (C=O) groups excluding carboxylic acids is 1. The molecule has 160 valence electrons. The van der Waals surface area contributed by atoms with Crippen LogP contribution >= 0.6 is 0 Å².